The summed E-state index contributed by atoms with van der Waals surface area (Å²) in [6.07, 6.45) is -2.66. The molecule has 7 rings (SSSR count). The van der Waals surface area contributed by atoms with Gasteiger partial charge in [0.2, 0.25) is 41.4 Å². The van der Waals surface area contributed by atoms with Crippen molar-refractivity contribution < 1.29 is 51.1 Å². The number of aryl methyl sites for hydroxylation is 1. The van der Waals surface area contributed by atoms with Gasteiger partial charge in [-0.3, -0.25) is 38.2 Å². The zero-order valence-corrected chi connectivity index (χ0v) is 43.3. The van der Waals surface area contributed by atoms with Crippen molar-refractivity contribution >= 4 is 53.0 Å². The Hall–Kier alpha value is -5.27. The highest BCUT2D eigenvalue weighted by molar-refractivity contribution is 6.30. The van der Waals surface area contributed by atoms with E-state index in [0.29, 0.717) is 54.0 Å². The van der Waals surface area contributed by atoms with E-state index in [-0.39, 0.29) is 31.7 Å². The van der Waals surface area contributed by atoms with E-state index >= 15 is 4.39 Å². The predicted molar refractivity (Wildman–Crippen MR) is 259 cm³/mol. The minimum Gasteiger partial charge on any atom is -0.354 e. The average molecular weight is 1030 g/mol. The van der Waals surface area contributed by atoms with Gasteiger partial charge in [-0.15, -0.1) is 0 Å². The van der Waals surface area contributed by atoms with Gasteiger partial charge in [0.05, 0.1) is 12.7 Å². The van der Waals surface area contributed by atoms with E-state index in [1.807, 2.05) is 26.8 Å². The summed E-state index contributed by atoms with van der Waals surface area (Å²) in [5.74, 6) is -6.01. The third-order valence-corrected chi connectivity index (χ3v) is 16.2. The molecular weight excluding hydrogens is 962 g/mol. The fourth-order valence-electron chi connectivity index (χ4n) is 11.3. The summed E-state index contributed by atoms with van der Waals surface area (Å²) in [6.45, 7) is 8.17. The molecule has 0 unspecified atom stereocenters. The van der Waals surface area contributed by atoms with Gasteiger partial charge in [0.15, 0.2) is 0 Å². The Morgan fingerprint density at radius 3 is 2.25 bits per heavy atom. The van der Waals surface area contributed by atoms with Crippen LogP contribution in [0.25, 0.3) is 11.1 Å². The van der Waals surface area contributed by atoms with Gasteiger partial charge < -0.3 is 36.0 Å². The number of amides is 7. The van der Waals surface area contributed by atoms with Crippen molar-refractivity contribution in [3.05, 3.63) is 40.7 Å². The van der Waals surface area contributed by atoms with Crippen molar-refractivity contribution in [2.75, 3.05) is 27.2 Å². The number of nitrogens with zero attached hydrogens (tertiary/aromatic N) is 5. The van der Waals surface area contributed by atoms with E-state index in [1.165, 1.54) is 23.9 Å². The lowest BCUT2D eigenvalue weighted by atomic mass is 9.44. The molecule has 3 heterocycles. The molecule has 21 heteroatoms. The number of hydrogen-bond acceptors (Lipinski definition) is 8. The van der Waals surface area contributed by atoms with Gasteiger partial charge in [-0.2, -0.15) is 18.3 Å². The number of aromatic nitrogens is 2. The number of benzene rings is 1. The van der Waals surface area contributed by atoms with Gasteiger partial charge in [-0.05, 0) is 125 Å². The summed E-state index contributed by atoms with van der Waals surface area (Å²) in [5.41, 5.74) is -1.79. The molecule has 0 bridgehead atoms. The zero-order chi connectivity index (χ0) is 52.8. The zero-order valence-electron chi connectivity index (χ0n) is 42.5. The molecule has 396 valence electrons. The van der Waals surface area contributed by atoms with Crippen molar-refractivity contribution in [3.8, 4) is 11.1 Å². The molecule has 1 aromatic heterocycles. The highest BCUT2D eigenvalue weighted by Gasteiger charge is 2.74. The van der Waals surface area contributed by atoms with Gasteiger partial charge in [0.1, 0.15) is 47.3 Å². The second-order valence-electron chi connectivity index (χ2n) is 22.2. The monoisotopic (exact) mass is 1030 g/mol. The topological polar surface area (TPSA) is 195 Å². The minimum absolute atomic E-state index is 0.0528. The fraction of sp³-hybridized carbons (Fsp3) is 0.686. The number of rotatable bonds is 11. The van der Waals surface area contributed by atoms with Crippen LogP contribution in [0.2, 0.25) is 5.02 Å². The average Bonchev–Trinajstić information content (AvgIpc) is 3.96. The Kier molecular flexibility index (Phi) is 15.8. The number of hydrogen-bond donors (Lipinski definition) is 4. The van der Waals surface area contributed by atoms with Crippen LogP contribution in [0.3, 0.4) is 0 Å². The van der Waals surface area contributed by atoms with Crippen LogP contribution < -0.4 is 21.3 Å². The van der Waals surface area contributed by atoms with Crippen molar-refractivity contribution in [1.82, 2.24) is 45.7 Å². The van der Waals surface area contributed by atoms with E-state index in [1.54, 1.807) is 43.9 Å². The van der Waals surface area contributed by atoms with E-state index < -0.39 is 132 Å². The molecule has 4 N–H and O–H groups in total. The van der Waals surface area contributed by atoms with Gasteiger partial charge in [-0.1, -0.05) is 37.9 Å². The van der Waals surface area contributed by atoms with E-state index in [0.717, 1.165) is 23.2 Å². The molecule has 2 aliphatic heterocycles. The van der Waals surface area contributed by atoms with Crippen LogP contribution in [0.1, 0.15) is 116 Å². The van der Waals surface area contributed by atoms with Crippen molar-refractivity contribution in [2.45, 2.75) is 166 Å². The summed E-state index contributed by atoms with van der Waals surface area (Å²) in [5, 5.41) is 16.0. The third-order valence-electron chi connectivity index (χ3n) is 15.9. The number of alkyl halides is 4. The molecule has 5 aliphatic rings. The molecule has 1 spiro atoms. The minimum atomic E-state index is -4.91. The third kappa shape index (κ3) is 11.1. The molecule has 6 atom stereocenters. The second-order valence-corrected chi connectivity index (χ2v) is 22.6. The quantitative estimate of drug-likeness (QED) is 0.217. The maximum absolute atomic E-state index is 15.2. The molecule has 16 nitrogen and oxygen atoms in total. The van der Waals surface area contributed by atoms with Crippen LogP contribution in [0, 0.1) is 29.6 Å². The highest BCUT2D eigenvalue weighted by atomic mass is 35.5. The van der Waals surface area contributed by atoms with E-state index in [2.05, 4.69) is 26.4 Å². The number of carbonyl (C=O) groups excluding carboxylic acids is 7. The first-order chi connectivity index (χ1) is 33.7. The van der Waals surface area contributed by atoms with Crippen molar-refractivity contribution in [3.63, 3.8) is 0 Å². The van der Waals surface area contributed by atoms with Gasteiger partial charge in [0.25, 0.3) is 0 Å². The first-order valence-electron chi connectivity index (χ1n) is 25.2. The molecular formula is C51H70ClF4N9O7. The van der Waals surface area contributed by atoms with Crippen LogP contribution in [0.15, 0.2) is 24.4 Å². The highest BCUT2D eigenvalue weighted by Crippen LogP contribution is 2.69. The number of nitrogens with one attached hydrogen (secondary N) is 4. The lowest BCUT2D eigenvalue weighted by molar-refractivity contribution is -0.285. The molecule has 2 saturated heterocycles. The fourth-order valence-corrected chi connectivity index (χ4v) is 11.5. The molecule has 0 radical (unpaired) electrons. The van der Waals surface area contributed by atoms with Crippen molar-refractivity contribution in [1.29, 1.82) is 0 Å². The van der Waals surface area contributed by atoms with Crippen LogP contribution >= 0.6 is 11.6 Å². The number of halogens is 5. The Morgan fingerprint density at radius 2 is 1.67 bits per heavy atom. The smallest absolute Gasteiger partial charge is 0.354 e. The lowest BCUT2D eigenvalue weighted by Crippen LogP contribution is -2.66. The molecule has 3 saturated carbocycles. The number of likely N-dealkylation sites (N-methyl/N-ethyl adjacent to an activating group) is 2. The summed E-state index contributed by atoms with van der Waals surface area (Å²) < 4.78 is 61.0. The Balaban J connectivity index is 1.15. The molecule has 7 amide bonds. The second kappa shape index (κ2) is 20.9. The standard InChI is InChI=1S/C51H70ClF4N9O7/c1-28(2)20-36-44(69)63(7)38(22-31-21-32(52)15-16-34(31)35-24-58-64(8)29(35)3)43(68)61-48(4,5)46(71)57-19-10-9-12-37(41(66)59-36)62(6)45(70)40(30-13-14-30)60-42(67)39-23-33(53)25-65(39)47(72)50(51(54,55)56)26-49(27-50)17-11-18-49/h15-16,21,24,28,30,33,36-40H,9-14,17-20,22-23,25-27H2,1-8H3,(H,57,71)(H,59,66)(H,60,67)(H,61,68)/t33-,36+,37+,38+,39+,40+/m1/s1. The molecule has 1 aromatic carbocycles. The maximum atomic E-state index is 15.2. The van der Waals surface area contributed by atoms with Gasteiger partial charge in [0, 0.05) is 56.8 Å². The first kappa shape index (κ1) is 54.5. The van der Waals surface area contributed by atoms with Crippen LogP contribution in [0.4, 0.5) is 17.6 Å². The van der Waals surface area contributed by atoms with E-state index in [4.69, 9.17) is 11.6 Å². The predicted octanol–water partition coefficient (Wildman–Crippen LogP) is 5.32. The van der Waals surface area contributed by atoms with Crippen LogP contribution in [-0.2, 0) is 47.0 Å². The molecule has 2 aromatic rings. The Morgan fingerprint density at radius 1 is 0.986 bits per heavy atom. The normalized spacial score (nSPS) is 26.3. The number of carbonyl (C=O) groups is 7. The van der Waals surface area contributed by atoms with Crippen molar-refractivity contribution in [2.24, 2.45) is 29.7 Å². The van der Waals surface area contributed by atoms with Crippen LogP contribution in [-0.4, -0.2) is 141 Å². The first-order valence-corrected chi connectivity index (χ1v) is 25.6. The van der Waals surface area contributed by atoms with Gasteiger partial charge >= 0.3 is 6.18 Å². The van der Waals surface area contributed by atoms with E-state index in [9.17, 15) is 46.7 Å². The Bertz CT molecular complexity index is 2430. The SMILES string of the molecule is Cc1c(-c2ccc(Cl)cc2C[C@H]2C(=O)NC(C)(C)C(=O)NCCCC[C@H](N(C)C(=O)[C@@H](NC(=O)[C@@H]3C[C@@H](F)CN3C(=O)C3(C(F)(F)F)CC4(CCC4)C3)C3CC3)C(=O)N[C@@H](CC(C)C)C(=O)N2C)cnn1C. The maximum Gasteiger partial charge on any atom is 0.403 e. The van der Waals surface area contributed by atoms with Gasteiger partial charge in [-0.25, -0.2) is 4.39 Å². The summed E-state index contributed by atoms with van der Waals surface area (Å²) >= 11 is 6.55. The molecule has 3 aliphatic carbocycles. The summed E-state index contributed by atoms with van der Waals surface area (Å²) in [4.78, 5) is 104. The Labute approximate surface area is 423 Å². The summed E-state index contributed by atoms with van der Waals surface area (Å²) in [6, 6.07) is -1.32. The molecule has 72 heavy (non-hydrogen) atoms. The van der Waals surface area contributed by atoms with Crippen LogP contribution in [0.5, 0.6) is 0 Å². The summed E-state index contributed by atoms with van der Waals surface area (Å²) in [7, 11) is 4.63. The largest absolute Gasteiger partial charge is 0.403 e. The number of likely N-dealkylation sites (tertiary alicyclic amines) is 1. The lowest BCUT2D eigenvalue weighted by Gasteiger charge is -2.60. The molecule has 5 fully saturated rings.